The van der Waals surface area contributed by atoms with E-state index in [1.807, 2.05) is 0 Å². The summed E-state index contributed by atoms with van der Waals surface area (Å²) in [4.78, 5) is 1.52. The SMILES string of the molecule is COc1ccc(CN(C)CCC(F)(F)F)cc1B(O)O. The third-order valence-electron chi connectivity index (χ3n) is 2.80. The van der Waals surface area contributed by atoms with E-state index >= 15 is 0 Å². The second-order valence-electron chi connectivity index (χ2n) is 4.55. The average Bonchev–Trinajstić information content (AvgIpc) is 2.35. The van der Waals surface area contributed by atoms with Crippen molar-refractivity contribution in [1.29, 1.82) is 0 Å². The Morgan fingerprint density at radius 1 is 1.30 bits per heavy atom. The number of hydrogen-bond acceptors (Lipinski definition) is 4. The Morgan fingerprint density at radius 3 is 2.45 bits per heavy atom. The predicted octanol–water partition coefficient (Wildman–Crippen LogP) is 0.759. The molecule has 0 saturated heterocycles. The molecule has 1 rings (SSSR count). The van der Waals surface area contributed by atoms with Gasteiger partial charge in [-0.25, -0.2) is 0 Å². The van der Waals surface area contributed by atoms with E-state index in [1.165, 1.54) is 18.1 Å². The number of benzene rings is 1. The zero-order valence-electron chi connectivity index (χ0n) is 11.3. The van der Waals surface area contributed by atoms with Gasteiger partial charge in [0.1, 0.15) is 5.75 Å². The second-order valence-corrected chi connectivity index (χ2v) is 4.55. The smallest absolute Gasteiger partial charge is 0.492 e. The van der Waals surface area contributed by atoms with E-state index in [0.717, 1.165) is 0 Å². The Kier molecular flexibility index (Phi) is 5.85. The molecule has 20 heavy (non-hydrogen) atoms. The molecule has 0 unspecified atom stereocenters. The number of hydrogen-bond donors (Lipinski definition) is 2. The first-order valence-corrected chi connectivity index (χ1v) is 6.01. The third kappa shape index (κ3) is 5.40. The molecule has 0 aliphatic heterocycles. The molecular weight excluding hydrogens is 274 g/mol. The van der Waals surface area contributed by atoms with Gasteiger partial charge in [-0.2, -0.15) is 13.2 Å². The fraction of sp³-hybridized carbons (Fsp3) is 0.500. The maximum absolute atomic E-state index is 12.1. The Balaban J connectivity index is 2.70. The highest BCUT2D eigenvalue weighted by molar-refractivity contribution is 6.59. The van der Waals surface area contributed by atoms with E-state index in [9.17, 15) is 23.2 Å². The molecule has 0 aliphatic rings. The van der Waals surface area contributed by atoms with Crippen LogP contribution in [0.4, 0.5) is 13.2 Å². The maximum atomic E-state index is 12.1. The van der Waals surface area contributed by atoms with E-state index in [0.29, 0.717) is 11.3 Å². The van der Waals surface area contributed by atoms with Gasteiger partial charge < -0.3 is 19.7 Å². The van der Waals surface area contributed by atoms with Crippen LogP contribution in [0, 0.1) is 0 Å². The summed E-state index contributed by atoms with van der Waals surface area (Å²) in [6.45, 7) is 0.159. The van der Waals surface area contributed by atoms with Crippen LogP contribution < -0.4 is 10.2 Å². The van der Waals surface area contributed by atoms with Gasteiger partial charge >= 0.3 is 13.3 Å². The molecule has 0 aliphatic carbocycles. The van der Waals surface area contributed by atoms with Crippen molar-refractivity contribution in [3.8, 4) is 5.75 Å². The highest BCUT2D eigenvalue weighted by Crippen LogP contribution is 2.20. The monoisotopic (exact) mass is 291 g/mol. The fourth-order valence-corrected chi connectivity index (χ4v) is 1.79. The third-order valence-corrected chi connectivity index (χ3v) is 2.80. The molecule has 0 fully saturated rings. The molecule has 4 nitrogen and oxygen atoms in total. The Bertz CT molecular complexity index is 440. The first-order valence-electron chi connectivity index (χ1n) is 6.01. The molecule has 0 radical (unpaired) electrons. The molecule has 2 N–H and O–H groups in total. The van der Waals surface area contributed by atoms with E-state index in [1.54, 1.807) is 19.2 Å². The number of halogens is 3. The van der Waals surface area contributed by atoms with Crippen LogP contribution in [0.25, 0.3) is 0 Å². The van der Waals surface area contributed by atoms with Crippen LogP contribution in [-0.2, 0) is 6.54 Å². The summed E-state index contributed by atoms with van der Waals surface area (Å²) in [6.07, 6.45) is -5.06. The molecule has 0 saturated carbocycles. The number of alkyl halides is 3. The summed E-state index contributed by atoms with van der Waals surface area (Å²) in [5.74, 6) is 0.321. The minimum atomic E-state index is -4.18. The minimum absolute atomic E-state index is 0.119. The van der Waals surface area contributed by atoms with Crippen LogP contribution in [0.1, 0.15) is 12.0 Å². The lowest BCUT2D eigenvalue weighted by molar-refractivity contribution is -0.137. The summed E-state index contributed by atoms with van der Waals surface area (Å²) in [7, 11) is 1.28. The number of methoxy groups -OCH3 is 1. The zero-order valence-corrected chi connectivity index (χ0v) is 11.3. The highest BCUT2D eigenvalue weighted by Gasteiger charge is 2.27. The van der Waals surface area contributed by atoms with Gasteiger partial charge in [-0.1, -0.05) is 12.1 Å². The van der Waals surface area contributed by atoms with Crippen LogP contribution >= 0.6 is 0 Å². The van der Waals surface area contributed by atoms with Crippen molar-refractivity contribution >= 4 is 12.6 Å². The molecule has 0 heterocycles. The van der Waals surface area contributed by atoms with Crippen molar-refractivity contribution in [2.45, 2.75) is 19.1 Å². The van der Waals surface area contributed by atoms with Gasteiger partial charge in [-0.05, 0) is 18.7 Å². The van der Waals surface area contributed by atoms with E-state index < -0.39 is 19.7 Å². The average molecular weight is 291 g/mol. The van der Waals surface area contributed by atoms with Crippen molar-refractivity contribution in [3.05, 3.63) is 23.8 Å². The van der Waals surface area contributed by atoms with Gasteiger partial charge in [-0.3, -0.25) is 0 Å². The molecule has 0 atom stereocenters. The molecule has 112 valence electrons. The summed E-state index contributed by atoms with van der Waals surface area (Å²) in [5, 5.41) is 18.4. The number of nitrogens with zero attached hydrogens (tertiary/aromatic N) is 1. The van der Waals surface area contributed by atoms with Gasteiger partial charge in [0.05, 0.1) is 13.5 Å². The lowest BCUT2D eigenvalue weighted by Crippen LogP contribution is -2.32. The quantitative estimate of drug-likeness (QED) is 0.760. The Labute approximate surface area is 115 Å². The summed E-state index contributed by atoms with van der Waals surface area (Å²) < 4.78 is 41.3. The van der Waals surface area contributed by atoms with Crippen molar-refractivity contribution in [3.63, 3.8) is 0 Å². The van der Waals surface area contributed by atoms with E-state index in [2.05, 4.69) is 0 Å². The maximum Gasteiger partial charge on any atom is 0.492 e. The largest absolute Gasteiger partial charge is 0.497 e. The summed E-state index contributed by atoms with van der Waals surface area (Å²) in [5.41, 5.74) is 0.868. The van der Waals surface area contributed by atoms with Crippen LogP contribution in [0.15, 0.2) is 18.2 Å². The normalized spacial score (nSPS) is 11.8. The van der Waals surface area contributed by atoms with Gasteiger partial charge in [0.25, 0.3) is 0 Å². The molecular formula is C12H17BF3NO3. The number of ether oxygens (including phenoxy) is 1. The van der Waals surface area contributed by atoms with Gasteiger partial charge in [-0.15, -0.1) is 0 Å². The van der Waals surface area contributed by atoms with E-state index in [4.69, 9.17) is 4.74 Å². The van der Waals surface area contributed by atoms with Crippen LogP contribution in [0.5, 0.6) is 5.75 Å². The highest BCUT2D eigenvalue weighted by atomic mass is 19.4. The van der Waals surface area contributed by atoms with Gasteiger partial charge in [0.15, 0.2) is 0 Å². The van der Waals surface area contributed by atoms with Crippen LogP contribution in [-0.4, -0.2) is 48.9 Å². The van der Waals surface area contributed by atoms with Crippen LogP contribution in [0.2, 0.25) is 0 Å². The van der Waals surface area contributed by atoms with Crippen molar-refractivity contribution in [2.24, 2.45) is 0 Å². The molecule has 1 aromatic rings. The van der Waals surface area contributed by atoms with Crippen molar-refractivity contribution in [2.75, 3.05) is 20.7 Å². The van der Waals surface area contributed by atoms with Crippen LogP contribution in [0.3, 0.4) is 0 Å². The summed E-state index contributed by atoms with van der Waals surface area (Å²) in [6, 6.07) is 4.74. The molecule has 1 aromatic carbocycles. The van der Waals surface area contributed by atoms with Crippen molar-refractivity contribution < 1.29 is 28.0 Å². The first-order chi connectivity index (χ1) is 9.23. The van der Waals surface area contributed by atoms with E-state index in [-0.39, 0.29) is 18.6 Å². The molecule has 0 amide bonds. The molecule has 8 heteroatoms. The zero-order chi connectivity index (χ0) is 15.3. The predicted molar refractivity (Wildman–Crippen MR) is 69.8 cm³/mol. The van der Waals surface area contributed by atoms with Gasteiger partial charge in [0.2, 0.25) is 0 Å². The lowest BCUT2D eigenvalue weighted by atomic mass is 9.78. The molecule has 0 spiro atoms. The molecule has 0 bridgehead atoms. The second kappa shape index (κ2) is 6.96. The topological polar surface area (TPSA) is 52.9 Å². The lowest BCUT2D eigenvalue weighted by Gasteiger charge is -2.18. The van der Waals surface area contributed by atoms with Gasteiger partial charge in [0, 0.05) is 18.6 Å². The van der Waals surface area contributed by atoms with Crippen molar-refractivity contribution in [1.82, 2.24) is 4.90 Å². The fourth-order valence-electron chi connectivity index (χ4n) is 1.79. The summed E-state index contributed by atoms with van der Waals surface area (Å²) >= 11 is 0. The minimum Gasteiger partial charge on any atom is -0.497 e. The Morgan fingerprint density at radius 2 is 1.95 bits per heavy atom. The standard InChI is InChI=1S/C12H17BF3NO3/c1-17(6-5-12(14,15)16)8-9-3-4-11(20-2)10(7-9)13(18)19/h3-4,7,18-19H,5-6,8H2,1-2H3. The molecule has 0 aromatic heterocycles. The Hall–Kier alpha value is -1.25. The number of rotatable bonds is 6. The first kappa shape index (κ1) is 16.8.